The second kappa shape index (κ2) is 7.23. The SMILES string of the molecule is [2H]C([2H])(OP1(=O)OCc2cccc(C)c2O1)[C@]1(F)C[C@@H](O)[C@]([2H])(N2C=CC(=O)NC2=C)O1. The van der Waals surface area contributed by atoms with Gasteiger partial charge in [-0.3, -0.25) is 13.8 Å². The molecule has 11 heteroatoms. The van der Waals surface area contributed by atoms with E-state index in [1.54, 1.807) is 25.1 Å². The minimum atomic E-state index is -4.64. The van der Waals surface area contributed by atoms with Gasteiger partial charge in [0.15, 0.2) is 6.20 Å². The Balaban J connectivity index is 1.58. The molecule has 0 radical (unpaired) electrons. The van der Waals surface area contributed by atoms with E-state index in [1.807, 2.05) is 0 Å². The molecule has 3 heterocycles. The molecule has 0 aromatic heterocycles. The maximum atomic E-state index is 15.7. The number of aliphatic hydroxyl groups excluding tert-OH is 1. The van der Waals surface area contributed by atoms with Gasteiger partial charge in [-0.05, 0) is 12.5 Å². The number of carbonyl (C=O) groups excluding carboxylic acids is 1. The largest absolute Gasteiger partial charge is 0.530 e. The van der Waals surface area contributed by atoms with Gasteiger partial charge < -0.3 is 24.6 Å². The maximum absolute atomic E-state index is 15.7. The first-order chi connectivity index (χ1) is 14.8. The fourth-order valence-electron chi connectivity index (χ4n) is 2.98. The molecule has 0 saturated carbocycles. The second-order valence-electron chi connectivity index (χ2n) is 6.58. The maximum Gasteiger partial charge on any atom is 0.530 e. The number of halogens is 1. The Bertz CT molecular complexity index is 1070. The molecule has 1 saturated heterocycles. The lowest BCUT2D eigenvalue weighted by Gasteiger charge is -2.33. The Labute approximate surface area is 170 Å². The Morgan fingerprint density at radius 2 is 2.41 bits per heavy atom. The highest BCUT2D eigenvalue weighted by molar-refractivity contribution is 7.49. The van der Waals surface area contributed by atoms with Crippen molar-refractivity contribution in [2.24, 2.45) is 0 Å². The van der Waals surface area contributed by atoms with E-state index in [9.17, 15) is 14.5 Å². The van der Waals surface area contributed by atoms with Crippen LogP contribution in [0.3, 0.4) is 0 Å². The molecular formula is C18H20FN2O7P. The molecule has 0 bridgehead atoms. The lowest BCUT2D eigenvalue weighted by Crippen LogP contribution is -2.45. The third-order valence-corrected chi connectivity index (χ3v) is 5.53. The van der Waals surface area contributed by atoms with E-state index in [0.29, 0.717) is 11.1 Å². The zero-order chi connectivity index (χ0) is 23.5. The van der Waals surface area contributed by atoms with Crippen LogP contribution in [0.2, 0.25) is 0 Å². The van der Waals surface area contributed by atoms with Gasteiger partial charge in [0, 0.05) is 24.3 Å². The highest BCUT2D eigenvalue weighted by Crippen LogP contribution is 2.56. The van der Waals surface area contributed by atoms with Crippen LogP contribution >= 0.6 is 7.82 Å². The van der Waals surface area contributed by atoms with Crippen LogP contribution in [0.5, 0.6) is 5.75 Å². The van der Waals surface area contributed by atoms with Crippen molar-refractivity contribution < 1.29 is 41.3 Å². The molecular weight excluding hydrogens is 406 g/mol. The van der Waals surface area contributed by atoms with Gasteiger partial charge in [0.05, 0.1) is 10.7 Å². The molecule has 1 aromatic rings. The predicted molar refractivity (Wildman–Crippen MR) is 97.8 cm³/mol. The Morgan fingerprint density at radius 1 is 1.62 bits per heavy atom. The van der Waals surface area contributed by atoms with Gasteiger partial charge in [-0.25, -0.2) is 8.96 Å². The normalized spacial score (nSPS) is 38.5. The van der Waals surface area contributed by atoms with Crippen molar-refractivity contribution in [1.82, 2.24) is 10.2 Å². The van der Waals surface area contributed by atoms with E-state index in [2.05, 4.69) is 11.9 Å². The van der Waals surface area contributed by atoms with Gasteiger partial charge in [0.1, 0.15) is 24.2 Å². The number of hydrogen-bond donors (Lipinski definition) is 2. The summed E-state index contributed by atoms with van der Waals surface area (Å²) in [5, 5.41) is 12.7. The standard InChI is InChI=1S/C18H20FN2O7P/c1-11-4-3-5-13-9-25-29(24,28-16(11)13)26-10-18(19)8-14(22)17(27-18)21-7-6-15(23)20-12(21)2/h3-7,14,17,22H,2,8-10H2,1H3,(H,20,23)/t14-,17-,18+,29?/m1/s1/i10D2,17D. The van der Waals surface area contributed by atoms with Gasteiger partial charge in [-0.2, -0.15) is 0 Å². The number of hydrogen-bond acceptors (Lipinski definition) is 8. The highest BCUT2D eigenvalue weighted by atomic mass is 31.2. The quantitative estimate of drug-likeness (QED) is 0.702. The summed E-state index contributed by atoms with van der Waals surface area (Å²) >= 11 is 0. The van der Waals surface area contributed by atoms with Crippen LogP contribution in [0.15, 0.2) is 42.9 Å². The number of phosphoric ester groups is 1. The number of nitrogens with one attached hydrogen (secondary N) is 1. The number of aryl methyl sites for hydroxylation is 1. The van der Waals surface area contributed by atoms with Crippen LogP contribution < -0.4 is 9.84 Å². The summed E-state index contributed by atoms with van der Waals surface area (Å²) in [4.78, 5) is 12.2. The Morgan fingerprint density at radius 3 is 3.17 bits per heavy atom. The van der Waals surface area contributed by atoms with Crippen LogP contribution in [0.4, 0.5) is 4.39 Å². The lowest BCUT2D eigenvalue weighted by atomic mass is 10.1. The van der Waals surface area contributed by atoms with E-state index in [-0.39, 0.29) is 18.2 Å². The molecule has 1 aromatic carbocycles. The number of fused-ring (bicyclic) bond motifs is 1. The van der Waals surface area contributed by atoms with Crippen molar-refractivity contribution in [2.75, 3.05) is 6.56 Å². The van der Waals surface area contributed by atoms with Gasteiger partial charge in [-0.1, -0.05) is 24.8 Å². The number of ether oxygens (including phenoxy) is 1. The number of alkyl halides is 1. The summed E-state index contributed by atoms with van der Waals surface area (Å²) in [6, 6.07) is 5.04. The zero-order valence-electron chi connectivity index (χ0n) is 18.3. The third-order valence-electron chi connectivity index (χ3n) is 4.36. The van der Waals surface area contributed by atoms with Crippen molar-refractivity contribution >= 4 is 13.7 Å². The first kappa shape index (κ1) is 16.6. The fraction of sp³-hybridized carbons (Fsp3) is 0.389. The number of rotatable bonds is 4. The average molecular weight is 429 g/mol. The zero-order valence-corrected chi connectivity index (χ0v) is 16.1. The van der Waals surface area contributed by atoms with Crippen LogP contribution in [0, 0.1) is 6.92 Å². The molecule has 3 aliphatic heterocycles. The predicted octanol–water partition coefficient (Wildman–Crippen LogP) is 2.22. The van der Waals surface area contributed by atoms with Crippen molar-refractivity contribution in [2.45, 2.75) is 38.1 Å². The average Bonchev–Trinajstić information content (AvgIpc) is 2.92. The molecule has 1 unspecified atom stereocenters. The van der Waals surface area contributed by atoms with Crippen LogP contribution in [0.25, 0.3) is 0 Å². The van der Waals surface area contributed by atoms with Gasteiger partial charge in [0.25, 0.3) is 5.91 Å². The number of amides is 1. The molecule has 0 aliphatic carbocycles. The van der Waals surface area contributed by atoms with E-state index in [1.165, 1.54) is 0 Å². The van der Waals surface area contributed by atoms with E-state index in [0.717, 1.165) is 17.2 Å². The molecule has 1 fully saturated rings. The van der Waals surface area contributed by atoms with Gasteiger partial charge in [-0.15, -0.1) is 0 Å². The lowest BCUT2D eigenvalue weighted by molar-refractivity contribution is -0.184. The number of carbonyl (C=O) groups is 1. The number of phosphoric acid groups is 1. The molecule has 3 aliphatic rings. The molecule has 4 rings (SSSR count). The van der Waals surface area contributed by atoms with Crippen molar-refractivity contribution in [1.29, 1.82) is 0 Å². The summed E-state index contributed by atoms with van der Waals surface area (Å²) in [6.45, 7) is 1.48. The minimum Gasteiger partial charge on any atom is -0.403 e. The van der Waals surface area contributed by atoms with Crippen molar-refractivity contribution in [3.63, 3.8) is 0 Å². The summed E-state index contributed by atoms with van der Waals surface area (Å²) in [5.41, 5.74) is 1.13. The molecule has 2 N–H and O–H groups in total. The Hall–Kier alpha value is -2.23. The summed E-state index contributed by atoms with van der Waals surface area (Å²) in [6.07, 6.45) is -3.57. The summed E-state index contributed by atoms with van der Waals surface area (Å²) in [7, 11) is -4.64. The van der Waals surface area contributed by atoms with E-state index in [4.69, 9.17) is 22.4 Å². The first-order valence-electron chi connectivity index (χ1n) is 10.1. The fourth-order valence-corrected chi connectivity index (χ4v) is 4.15. The third kappa shape index (κ3) is 3.94. The molecule has 9 nitrogen and oxygen atoms in total. The molecule has 1 amide bonds. The van der Waals surface area contributed by atoms with E-state index < -0.39 is 44.9 Å². The van der Waals surface area contributed by atoms with Crippen LogP contribution in [0.1, 0.15) is 21.7 Å². The minimum absolute atomic E-state index is 0.165. The summed E-state index contributed by atoms with van der Waals surface area (Å²) in [5.74, 6) is -4.04. The van der Waals surface area contributed by atoms with Crippen LogP contribution in [-0.4, -0.2) is 40.6 Å². The Kier molecular flexibility index (Phi) is 4.13. The van der Waals surface area contributed by atoms with Crippen LogP contribution in [-0.2, 0) is 29.8 Å². The van der Waals surface area contributed by atoms with Crippen molar-refractivity contribution in [3.8, 4) is 5.75 Å². The van der Waals surface area contributed by atoms with E-state index >= 15 is 4.39 Å². The smallest absolute Gasteiger partial charge is 0.403 e. The highest BCUT2D eigenvalue weighted by Gasteiger charge is 2.51. The van der Waals surface area contributed by atoms with Crippen molar-refractivity contribution in [3.05, 3.63) is 54.0 Å². The number of nitrogens with zero attached hydrogens (tertiary/aromatic N) is 1. The molecule has 156 valence electrons. The molecule has 29 heavy (non-hydrogen) atoms. The topological polar surface area (TPSA) is 107 Å². The number of benzene rings is 1. The first-order valence-corrected chi connectivity index (χ1v) is 10.0. The van der Waals surface area contributed by atoms with Gasteiger partial charge in [0.2, 0.25) is 5.85 Å². The second-order valence-corrected chi connectivity index (χ2v) is 8.10. The summed E-state index contributed by atoms with van der Waals surface area (Å²) < 4.78 is 73.4. The number of para-hydroxylation sites is 1. The molecule has 0 spiro atoms. The van der Waals surface area contributed by atoms with Gasteiger partial charge >= 0.3 is 7.82 Å². The molecule has 4 atom stereocenters. The monoisotopic (exact) mass is 429 g/mol. The number of aliphatic hydroxyl groups is 1.